The van der Waals surface area contributed by atoms with Crippen LogP contribution in [0.2, 0.25) is 0 Å². The number of carbonyl (C=O) groups excluding carboxylic acids is 7. The third kappa shape index (κ3) is 18.8. The minimum atomic E-state index is -1.72. The van der Waals surface area contributed by atoms with Gasteiger partial charge in [-0.3, -0.25) is 39.0 Å². The van der Waals surface area contributed by atoms with Gasteiger partial charge in [0.15, 0.2) is 5.96 Å². The summed E-state index contributed by atoms with van der Waals surface area (Å²) in [5.74, 6) is -9.91. The van der Waals surface area contributed by atoms with Gasteiger partial charge in [0.05, 0.1) is 32.0 Å². The number of aliphatic hydroxyl groups is 4. The molecular formula is C36H67N11O13. The second-order valence-corrected chi connectivity index (χ2v) is 14.9. The van der Waals surface area contributed by atoms with Crippen LogP contribution in [0.4, 0.5) is 0 Å². The lowest BCUT2D eigenvalue weighted by Crippen LogP contribution is -2.62. The molecule has 11 atom stereocenters. The first-order valence-corrected chi connectivity index (χ1v) is 19.7. The third-order valence-electron chi connectivity index (χ3n) is 9.68. The van der Waals surface area contributed by atoms with Crippen LogP contribution in [0.5, 0.6) is 0 Å². The molecule has 7 amide bonds. The molecule has 0 spiro atoms. The van der Waals surface area contributed by atoms with Crippen molar-refractivity contribution in [1.82, 2.24) is 42.5 Å². The van der Waals surface area contributed by atoms with E-state index in [1.54, 1.807) is 41.5 Å². The quantitative estimate of drug-likeness (QED) is 0.0198. The predicted molar refractivity (Wildman–Crippen MR) is 215 cm³/mol. The number of hydrogen-bond donors (Lipinski definition) is 16. The van der Waals surface area contributed by atoms with E-state index in [0.29, 0.717) is 12.8 Å². The number of carbonyl (C=O) groups is 8. The van der Waals surface area contributed by atoms with Crippen molar-refractivity contribution < 1.29 is 63.9 Å². The standard InChI is InChI=1S/C36H67N11O13/c1-8-17(5)25(46-31(55)24(37)28(52)16(3)4)33(57)43-20(11-10-12-40-36(38)39)29(53)45-26(18(6)9-2)34(58)47-27(19(7)50)32(56)41-13-23(51)42-21(14-48)30(54)44-22(15-49)35(59)60/h16-22,24-28,48-50,52H,8-15,37H2,1-7H3,(H,41,56)(H,42,51)(H,43,57)(H,44,54)(H,45,53)(H,46,55)(H,47,58)(H,59,60)(H4,38,39,40)/t17-,18-,19-,20+,21-,22-,24-,25-,26-,27-,28+/m0/s1. The zero-order valence-electron chi connectivity index (χ0n) is 35.2. The summed E-state index contributed by atoms with van der Waals surface area (Å²) >= 11 is 0. The third-order valence-corrected chi connectivity index (χ3v) is 9.68. The van der Waals surface area contributed by atoms with E-state index in [2.05, 4.69) is 37.2 Å². The maximum atomic E-state index is 13.9. The van der Waals surface area contributed by atoms with E-state index in [-0.39, 0.29) is 31.3 Å². The first kappa shape index (κ1) is 54.8. The van der Waals surface area contributed by atoms with Crippen molar-refractivity contribution in [2.24, 2.45) is 29.2 Å². The summed E-state index contributed by atoms with van der Waals surface area (Å²) in [6, 6.07) is -10.3. The highest BCUT2D eigenvalue weighted by molar-refractivity contribution is 5.97. The van der Waals surface area contributed by atoms with Crippen molar-refractivity contribution in [1.29, 1.82) is 5.41 Å². The van der Waals surface area contributed by atoms with Gasteiger partial charge in [-0.2, -0.15) is 0 Å². The minimum Gasteiger partial charge on any atom is -0.480 e. The molecule has 0 fully saturated rings. The number of nitrogens with two attached hydrogens (primary N) is 2. The lowest BCUT2D eigenvalue weighted by atomic mass is 9.95. The number of carboxylic acids is 1. The summed E-state index contributed by atoms with van der Waals surface area (Å²) in [7, 11) is 0. The Balaban J connectivity index is 6.18. The van der Waals surface area contributed by atoms with E-state index >= 15 is 0 Å². The zero-order valence-corrected chi connectivity index (χ0v) is 35.2. The van der Waals surface area contributed by atoms with E-state index < -0.39 is 133 Å². The van der Waals surface area contributed by atoms with Gasteiger partial charge in [0, 0.05) is 6.54 Å². The van der Waals surface area contributed by atoms with E-state index in [1.165, 1.54) is 0 Å². The number of rotatable bonds is 28. The lowest BCUT2D eigenvalue weighted by molar-refractivity contribution is -0.143. The summed E-state index contributed by atoms with van der Waals surface area (Å²) in [6.45, 7) is 8.63. The molecule has 0 radical (unpaired) electrons. The number of guanidine groups is 1. The van der Waals surface area contributed by atoms with E-state index in [9.17, 15) is 53.7 Å². The van der Waals surface area contributed by atoms with E-state index in [4.69, 9.17) is 27.1 Å². The van der Waals surface area contributed by atoms with Crippen LogP contribution in [0.15, 0.2) is 0 Å². The number of nitrogens with one attached hydrogen (secondary N) is 9. The van der Waals surface area contributed by atoms with Gasteiger partial charge in [-0.25, -0.2) is 4.79 Å². The van der Waals surface area contributed by atoms with E-state index in [1.807, 2.05) is 5.32 Å². The van der Waals surface area contributed by atoms with E-state index in [0.717, 1.165) is 6.92 Å². The Kier molecular flexibility index (Phi) is 25.2. The van der Waals surface area contributed by atoms with Crippen LogP contribution >= 0.6 is 0 Å². The fourth-order valence-corrected chi connectivity index (χ4v) is 5.36. The average Bonchev–Trinajstić information content (AvgIpc) is 3.19. The topological polar surface area (TPSA) is 410 Å². The largest absolute Gasteiger partial charge is 0.480 e. The molecule has 0 aliphatic carbocycles. The summed E-state index contributed by atoms with van der Waals surface area (Å²) in [6.07, 6.45) is -1.88. The highest BCUT2D eigenvalue weighted by atomic mass is 16.4. The molecule has 0 unspecified atom stereocenters. The Morgan fingerprint density at radius 3 is 1.53 bits per heavy atom. The van der Waals surface area contributed by atoms with Gasteiger partial charge in [0.25, 0.3) is 0 Å². The second kappa shape index (κ2) is 27.6. The SMILES string of the molecule is CC[C@H](C)[C@H](NC(=O)[C@@H](N)[C@H](O)C(C)C)C(=O)N[C@H](CCCNC(=N)N)C(=O)N[C@H](C(=O)N[C@H](C(=O)NCC(=O)N[C@@H](CO)C(=O)N[C@@H](CO)C(=O)O)[C@H](C)O)[C@@H](C)CC. The number of hydrogen-bond acceptors (Lipinski definition) is 14. The minimum absolute atomic E-state index is 0.0411. The van der Waals surface area contributed by atoms with Crippen LogP contribution in [0.25, 0.3) is 0 Å². The van der Waals surface area contributed by atoms with Crippen LogP contribution in [0.3, 0.4) is 0 Å². The summed E-state index contributed by atoms with van der Waals surface area (Å²) in [4.78, 5) is 103. The average molecular weight is 862 g/mol. The van der Waals surface area contributed by atoms with Crippen LogP contribution in [-0.4, -0.2) is 160 Å². The monoisotopic (exact) mass is 861 g/mol. The van der Waals surface area contributed by atoms with Gasteiger partial charge in [-0.05, 0) is 37.5 Å². The van der Waals surface area contributed by atoms with Crippen molar-refractivity contribution in [3.05, 3.63) is 0 Å². The molecule has 24 nitrogen and oxygen atoms in total. The Labute approximate surface area is 349 Å². The molecular weight excluding hydrogens is 794 g/mol. The molecule has 344 valence electrons. The first-order valence-electron chi connectivity index (χ1n) is 19.7. The molecule has 0 heterocycles. The maximum Gasteiger partial charge on any atom is 0.328 e. The summed E-state index contributed by atoms with van der Waals surface area (Å²) in [5, 5.41) is 74.8. The molecule has 18 N–H and O–H groups in total. The van der Waals surface area contributed by atoms with Gasteiger partial charge in [0.1, 0.15) is 42.3 Å². The molecule has 0 aliphatic rings. The maximum absolute atomic E-state index is 13.9. The van der Waals surface area contributed by atoms with Crippen molar-refractivity contribution in [2.75, 3.05) is 26.3 Å². The molecule has 24 heteroatoms. The fraction of sp³-hybridized carbons (Fsp3) is 0.750. The van der Waals surface area contributed by atoms with Crippen LogP contribution in [-0.2, 0) is 38.4 Å². The van der Waals surface area contributed by atoms with Crippen LogP contribution < -0.4 is 54.0 Å². The Morgan fingerprint density at radius 1 is 0.617 bits per heavy atom. The van der Waals surface area contributed by atoms with Gasteiger partial charge in [0.2, 0.25) is 41.4 Å². The van der Waals surface area contributed by atoms with Gasteiger partial charge >= 0.3 is 5.97 Å². The normalized spacial score (nSPS) is 16.7. The molecule has 60 heavy (non-hydrogen) atoms. The smallest absolute Gasteiger partial charge is 0.328 e. The highest BCUT2D eigenvalue weighted by Crippen LogP contribution is 2.13. The summed E-state index contributed by atoms with van der Waals surface area (Å²) in [5.41, 5.74) is 11.3. The molecule has 0 rings (SSSR count). The van der Waals surface area contributed by atoms with Gasteiger partial charge < -0.3 is 79.5 Å². The number of aliphatic hydroxyl groups excluding tert-OH is 4. The Bertz CT molecular complexity index is 1470. The molecule has 0 bridgehead atoms. The lowest BCUT2D eigenvalue weighted by Gasteiger charge is -2.31. The molecule has 0 aromatic rings. The van der Waals surface area contributed by atoms with Crippen molar-refractivity contribution >= 4 is 53.3 Å². The number of carboxylic acid groups (broad SMARTS) is 1. The number of amides is 7. The van der Waals surface area contributed by atoms with Crippen molar-refractivity contribution in [3.8, 4) is 0 Å². The fourth-order valence-electron chi connectivity index (χ4n) is 5.36. The Morgan fingerprint density at radius 2 is 1.08 bits per heavy atom. The van der Waals surface area contributed by atoms with Crippen LogP contribution in [0, 0.1) is 23.2 Å². The molecule has 0 saturated heterocycles. The second-order valence-electron chi connectivity index (χ2n) is 14.9. The van der Waals surface area contributed by atoms with Gasteiger partial charge in [-0.1, -0.05) is 54.4 Å². The zero-order chi connectivity index (χ0) is 46.4. The predicted octanol–water partition coefficient (Wildman–Crippen LogP) is -5.84. The van der Waals surface area contributed by atoms with Crippen molar-refractivity contribution in [2.45, 2.75) is 129 Å². The van der Waals surface area contributed by atoms with Gasteiger partial charge in [-0.15, -0.1) is 0 Å². The molecule has 0 aliphatic heterocycles. The highest BCUT2D eigenvalue weighted by Gasteiger charge is 2.36. The summed E-state index contributed by atoms with van der Waals surface area (Å²) < 4.78 is 0. The molecule has 0 aromatic carbocycles. The molecule has 0 aromatic heterocycles. The van der Waals surface area contributed by atoms with Crippen molar-refractivity contribution in [3.63, 3.8) is 0 Å². The number of aliphatic carboxylic acids is 1. The molecule has 0 saturated carbocycles. The first-order chi connectivity index (χ1) is 28.0. The van der Waals surface area contributed by atoms with Crippen LogP contribution in [0.1, 0.15) is 74.1 Å². The Hall–Kier alpha value is -5.17.